The second-order valence-electron chi connectivity index (χ2n) is 4.97. The number of rotatable bonds is 3. The third kappa shape index (κ3) is 2.45. The van der Waals surface area contributed by atoms with Crippen LogP contribution >= 0.6 is 15.9 Å². The van der Waals surface area contributed by atoms with E-state index in [1.807, 2.05) is 28.8 Å². The van der Waals surface area contributed by atoms with Crippen LogP contribution in [0.5, 0.6) is 0 Å². The summed E-state index contributed by atoms with van der Waals surface area (Å²) in [5.41, 5.74) is 1.00. The molecule has 1 aliphatic rings. The van der Waals surface area contributed by atoms with E-state index in [0.29, 0.717) is 13.2 Å². The summed E-state index contributed by atoms with van der Waals surface area (Å²) in [6, 6.07) is 5.90. The Morgan fingerprint density at radius 3 is 3.20 bits per heavy atom. The molecular weight excluding hydrogens is 322 g/mol. The highest BCUT2D eigenvalue weighted by atomic mass is 79.9. The zero-order chi connectivity index (χ0) is 14.1. The number of fused-ring (bicyclic) bond motifs is 1. The third-order valence-electron chi connectivity index (χ3n) is 3.54. The topological polar surface area (TPSA) is 46.8 Å². The van der Waals surface area contributed by atoms with Crippen molar-refractivity contribution in [1.82, 2.24) is 14.3 Å². The number of amides is 1. The minimum Gasteiger partial charge on any atom is -0.368 e. The van der Waals surface area contributed by atoms with Crippen molar-refractivity contribution in [3.8, 4) is 0 Å². The van der Waals surface area contributed by atoms with Crippen LogP contribution in [0.2, 0.25) is 0 Å². The average Bonchev–Trinajstić information content (AvgIpc) is 3.08. The molecule has 2 aromatic rings. The number of nitrogens with zero attached hydrogens (tertiary/aromatic N) is 3. The molecule has 1 aliphatic heterocycles. The quantitative estimate of drug-likeness (QED) is 0.862. The van der Waals surface area contributed by atoms with E-state index < -0.39 is 0 Å². The molecule has 0 aromatic carbocycles. The van der Waals surface area contributed by atoms with Gasteiger partial charge in [0.2, 0.25) is 0 Å². The molecule has 0 N–H and O–H groups in total. The number of hydrogen-bond donors (Lipinski definition) is 0. The van der Waals surface area contributed by atoms with E-state index in [4.69, 9.17) is 4.74 Å². The molecule has 0 saturated carbocycles. The monoisotopic (exact) mass is 337 g/mol. The van der Waals surface area contributed by atoms with Crippen molar-refractivity contribution in [2.45, 2.75) is 25.5 Å². The van der Waals surface area contributed by atoms with E-state index in [-0.39, 0.29) is 12.0 Å². The number of aromatic nitrogens is 2. The largest absolute Gasteiger partial charge is 0.368 e. The number of ether oxygens (including phenoxy) is 1. The molecule has 0 radical (unpaired) electrons. The minimum atomic E-state index is -0.283. The Kier molecular flexibility index (Phi) is 3.76. The lowest BCUT2D eigenvalue weighted by Crippen LogP contribution is -2.36. The molecule has 3 heterocycles. The molecule has 1 fully saturated rings. The first-order valence-corrected chi connectivity index (χ1v) is 7.44. The van der Waals surface area contributed by atoms with E-state index in [9.17, 15) is 4.79 Å². The summed E-state index contributed by atoms with van der Waals surface area (Å²) in [5.74, 6) is 0.868. The number of imidazole rings is 1. The van der Waals surface area contributed by atoms with Crippen LogP contribution in [-0.2, 0) is 16.1 Å². The van der Waals surface area contributed by atoms with Crippen LogP contribution in [0.1, 0.15) is 18.7 Å². The maximum atomic E-state index is 12.2. The van der Waals surface area contributed by atoms with Gasteiger partial charge < -0.3 is 14.0 Å². The van der Waals surface area contributed by atoms with Crippen molar-refractivity contribution in [2.75, 3.05) is 13.7 Å². The van der Waals surface area contributed by atoms with Gasteiger partial charge in [-0.15, -0.1) is 0 Å². The molecule has 2 aromatic heterocycles. The van der Waals surface area contributed by atoms with Crippen molar-refractivity contribution in [1.29, 1.82) is 0 Å². The summed E-state index contributed by atoms with van der Waals surface area (Å²) in [6.45, 7) is 1.15. The van der Waals surface area contributed by atoms with Gasteiger partial charge in [-0.3, -0.25) is 4.79 Å². The molecular formula is C14H16BrN3O2. The second kappa shape index (κ2) is 5.54. The number of hydrogen-bond acceptors (Lipinski definition) is 3. The number of pyridine rings is 1. The molecule has 0 aliphatic carbocycles. The minimum absolute atomic E-state index is 0.0336. The summed E-state index contributed by atoms with van der Waals surface area (Å²) in [5, 5.41) is 0. The number of halogens is 1. The molecule has 106 valence electrons. The van der Waals surface area contributed by atoms with Gasteiger partial charge in [0, 0.05) is 19.9 Å². The summed E-state index contributed by atoms with van der Waals surface area (Å²) >= 11 is 3.45. The van der Waals surface area contributed by atoms with Crippen molar-refractivity contribution in [3.05, 3.63) is 34.8 Å². The fraction of sp³-hybridized carbons (Fsp3) is 0.429. The summed E-state index contributed by atoms with van der Waals surface area (Å²) in [6.07, 6.45) is 3.44. The Balaban J connectivity index is 1.80. The Morgan fingerprint density at radius 1 is 1.60 bits per heavy atom. The number of carbonyl (C=O) groups is 1. The van der Waals surface area contributed by atoms with Gasteiger partial charge in [-0.2, -0.15) is 0 Å². The van der Waals surface area contributed by atoms with Gasteiger partial charge in [-0.25, -0.2) is 4.98 Å². The summed E-state index contributed by atoms with van der Waals surface area (Å²) < 4.78 is 8.23. The van der Waals surface area contributed by atoms with Gasteiger partial charge in [0.05, 0.1) is 12.1 Å². The maximum absolute atomic E-state index is 12.2. The van der Waals surface area contributed by atoms with Crippen LogP contribution in [0.25, 0.3) is 5.52 Å². The van der Waals surface area contributed by atoms with Gasteiger partial charge in [-0.1, -0.05) is 6.07 Å². The van der Waals surface area contributed by atoms with Gasteiger partial charge >= 0.3 is 0 Å². The first-order chi connectivity index (χ1) is 9.66. The Bertz CT molecular complexity index is 634. The van der Waals surface area contributed by atoms with Crippen LogP contribution in [0, 0.1) is 0 Å². The predicted molar refractivity (Wildman–Crippen MR) is 78.3 cm³/mol. The van der Waals surface area contributed by atoms with E-state index in [2.05, 4.69) is 20.9 Å². The molecule has 0 spiro atoms. The van der Waals surface area contributed by atoms with E-state index in [1.54, 1.807) is 11.9 Å². The van der Waals surface area contributed by atoms with Gasteiger partial charge in [0.25, 0.3) is 5.91 Å². The summed E-state index contributed by atoms with van der Waals surface area (Å²) in [4.78, 5) is 18.4. The fourth-order valence-electron chi connectivity index (χ4n) is 2.48. The SMILES string of the molecule is CN(Cc1nc(Br)c2ccccn12)C(=O)C1CCCO1. The zero-order valence-corrected chi connectivity index (χ0v) is 12.8. The highest BCUT2D eigenvalue weighted by Gasteiger charge is 2.27. The fourth-order valence-corrected chi connectivity index (χ4v) is 3.01. The number of carbonyl (C=O) groups excluding carboxylic acids is 1. The Morgan fingerprint density at radius 2 is 2.45 bits per heavy atom. The van der Waals surface area contributed by atoms with Crippen molar-refractivity contribution in [3.63, 3.8) is 0 Å². The van der Waals surface area contributed by atoms with Crippen LogP contribution in [0.3, 0.4) is 0 Å². The van der Waals surface area contributed by atoms with Crippen LogP contribution < -0.4 is 0 Å². The van der Waals surface area contributed by atoms with E-state index >= 15 is 0 Å². The molecule has 5 nitrogen and oxygen atoms in total. The lowest BCUT2D eigenvalue weighted by Gasteiger charge is -2.19. The zero-order valence-electron chi connectivity index (χ0n) is 11.3. The molecule has 1 saturated heterocycles. The maximum Gasteiger partial charge on any atom is 0.251 e. The van der Waals surface area contributed by atoms with Crippen LogP contribution in [0.15, 0.2) is 29.0 Å². The molecule has 0 bridgehead atoms. The molecule has 1 atom stereocenters. The average molecular weight is 338 g/mol. The van der Waals surface area contributed by atoms with E-state index in [1.165, 1.54) is 0 Å². The van der Waals surface area contributed by atoms with Crippen LogP contribution in [-0.4, -0.2) is 40.0 Å². The molecule has 1 unspecified atom stereocenters. The Hall–Kier alpha value is -1.40. The second-order valence-corrected chi connectivity index (χ2v) is 5.72. The van der Waals surface area contributed by atoms with Crippen molar-refractivity contribution in [2.24, 2.45) is 0 Å². The standard InChI is InChI=1S/C14H16BrN3O2/c1-17(14(19)11-6-4-8-20-11)9-12-16-13(15)10-5-2-3-7-18(10)12/h2-3,5,7,11H,4,6,8-9H2,1H3. The lowest BCUT2D eigenvalue weighted by atomic mass is 10.2. The first kappa shape index (κ1) is 13.6. The van der Waals surface area contributed by atoms with Gasteiger partial charge in [0.1, 0.15) is 16.5 Å². The molecule has 6 heteroatoms. The van der Waals surface area contributed by atoms with Crippen LogP contribution in [0.4, 0.5) is 0 Å². The normalized spacial score (nSPS) is 18.6. The number of likely N-dealkylation sites (N-methyl/N-ethyl adjacent to an activating group) is 1. The van der Waals surface area contributed by atoms with Crippen molar-refractivity contribution >= 4 is 27.4 Å². The molecule has 20 heavy (non-hydrogen) atoms. The smallest absolute Gasteiger partial charge is 0.251 e. The first-order valence-electron chi connectivity index (χ1n) is 6.65. The third-order valence-corrected chi connectivity index (χ3v) is 4.12. The van der Waals surface area contributed by atoms with Gasteiger partial charge in [0.15, 0.2) is 0 Å². The van der Waals surface area contributed by atoms with E-state index in [0.717, 1.165) is 28.8 Å². The molecule has 3 rings (SSSR count). The highest BCUT2D eigenvalue weighted by Crippen LogP contribution is 2.20. The van der Waals surface area contributed by atoms with Gasteiger partial charge in [-0.05, 0) is 40.9 Å². The predicted octanol–water partition coefficient (Wildman–Crippen LogP) is 2.23. The lowest BCUT2D eigenvalue weighted by molar-refractivity contribution is -0.140. The summed E-state index contributed by atoms with van der Waals surface area (Å²) in [7, 11) is 1.79. The Labute approximate surface area is 125 Å². The molecule has 1 amide bonds. The highest BCUT2D eigenvalue weighted by molar-refractivity contribution is 9.10. The van der Waals surface area contributed by atoms with Crippen molar-refractivity contribution < 1.29 is 9.53 Å².